The molecule has 0 aliphatic carbocycles. The maximum absolute atomic E-state index is 11.2. The molecule has 0 unspecified atom stereocenters. The van der Waals surface area contributed by atoms with Gasteiger partial charge in [-0.05, 0) is 6.26 Å². The van der Waals surface area contributed by atoms with Crippen LogP contribution in [-0.4, -0.2) is 25.8 Å². The Hall–Kier alpha value is -1.43. The standard InChI is InChI=1S/C8H8N4OS/c1-12-6-5(4-10-8(12)13)3-9-7(11-6)14-2/h3-4H,1-2H3. The number of fused-ring (bicyclic) bond motifs is 1. The van der Waals surface area contributed by atoms with Crippen LogP contribution in [0.3, 0.4) is 0 Å². The third-order valence-electron chi connectivity index (χ3n) is 1.88. The molecule has 0 aliphatic rings. The lowest BCUT2D eigenvalue weighted by Crippen LogP contribution is -2.20. The molecule has 0 aromatic carbocycles. The van der Waals surface area contributed by atoms with Crippen molar-refractivity contribution in [1.82, 2.24) is 19.5 Å². The van der Waals surface area contributed by atoms with E-state index in [2.05, 4.69) is 15.0 Å². The first kappa shape index (κ1) is 9.14. The van der Waals surface area contributed by atoms with Crippen molar-refractivity contribution in [3.63, 3.8) is 0 Å². The van der Waals surface area contributed by atoms with Gasteiger partial charge in [0, 0.05) is 19.4 Å². The van der Waals surface area contributed by atoms with E-state index in [0.29, 0.717) is 10.8 Å². The molecule has 0 aliphatic heterocycles. The molecule has 72 valence electrons. The van der Waals surface area contributed by atoms with Gasteiger partial charge in [-0.1, -0.05) is 11.8 Å². The Kier molecular flexibility index (Phi) is 2.20. The lowest BCUT2D eigenvalue weighted by atomic mass is 10.4. The Morgan fingerprint density at radius 2 is 2.07 bits per heavy atom. The zero-order valence-corrected chi connectivity index (χ0v) is 8.58. The number of hydrogen-bond acceptors (Lipinski definition) is 5. The molecule has 5 nitrogen and oxygen atoms in total. The molecule has 2 aromatic rings. The summed E-state index contributed by atoms with van der Waals surface area (Å²) in [6.45, 7) is 0. The SMILES string of the molecule is CSc1ncc2cnc(=O)n(C)c2n1. The van der Waals surface area contributed by atoms with E-state index >= 15 is 0 Å². The van der Waals surface area contributed by atoms with E-state index < -0.39 is 0 Å². The van der Waals surface area contributed by atoms with Gasteiger partial charge in [0.05, 0.1) is 5.39 Å². The van der Waals surface area contributed by atoms with Gasteiger partial charge in [-0.3, -0.25) is 4.57 Å². The van der Waals surface area contributed by atoms with Crippen molar-refractivity contribution < 1.29 is 0 Å². The largest absolute Gasteiger partial charge is 0.348 e. The summed E-state index contributed by atoms with van der Waals surface area (Å²) in [4.78, 5) is 23.2. The fourth-order valence-corrected chi connectivity index (χ4v) is 1.46. The molecular weight excluding hydrogens is 200 g/mol. The van der Waals surface area contributed by atoms with E-state index in [4.69, 9.17) is 0 Å². The van der Waals surface area contributed by atoms with E-state index in [-0.39, 0.29) is 5.69 Å². The van der Waals surface area contributed by atoms with Gasteiger partial charge in [0.15, 0.2) is 5.16 Å². The Balaban J connectivity index is 2.84. The maximum atomic E-state index is 11.2. The molecule has 0 fully saturated rings. The molecule has 0 saturated carbocycles. The average molecular weight is 208 g/mol. The molecule has 0 bridgehead atoms. The predicted molar refractivity (Wildman–Crippen MR) is 54.4 cm³/mol. The summed E-state index contributed by atoms with van der Waals surface area (Å²) in [5.74, 6) is 0. The second-order valence-electron chi connectivity index (χ2n) is 2.74. The number of aromatic nitrogens is 4. The molecule has 6 heteroatoms. The van der Waals surface area contributed by atoms with Crippen molar-refractivity contribution >= 4 is 22.8 Å². The van der Waals surface area contributed by atoms with Crippen molar-refractivity contribution in [2.24, 2.45) is 7.05 Å². The molecule has 0 spiro atoms. The summed E-state index contributed by atoms with van der Waals surface area (Å²) in [6, 6.07) is 0. The van der Waals surface area contributed by atoms with Gasteiger partial charge in [0.2, 0.25) is 0 Å². The minimum atomic E-state index is -0.303. The Labute approximate surface area is 84.2 Å². The van der Waals surface area contributed by atoms with E-state index in [9.17, 15) is 4.79 Å². The number of aryl methyl sites for hydroxylation is 1. The Bertz CT molecular complexity index is 536. The van der Waals surface area contributed by atoms with Crippen LogP contribution in [0.2, 0.25) is 0 Å². The van der Waals surface area contributed by atoms with Gasteiger partial charge in [-0.2, -0.15) is 0 Å². The summed E-state index contributed by atoms with van der Waals surface area (Å²) in [6.07, 6.45) is 5.04. The van der Waals surface area contributed by atoms with Crippen LogP contribution >= 0.6 is 11.8 Å². The minimum absolute atomic E-state index is 0.303. The van der Waals surface area contributed by atoms with Gasteiger partial charge < -0.3 is 0 Å². The second-order valence-corrected chi connectivity index (χ2v) is 3.51. The minimum Gasteiger partial charge on any atom is -0.279 e. The van der Waals surface area contributed by atoms with Crippen LogP contribution in [-0.2, 0) is 7.05 Å². The first-order valence-electron chi connectivity index (χ1n) is 3.95. The van der Waals surface area contributed by atoms with Gasteiger partial charge >= 0.3 is 5.69 Å². The molecule has 0 amide bonds. The third kappa shape index (κ3) is 1.37. The molecule has 2 rings (SSSR count). The summed E-state index contributed by atoms with van der Waals surface area (Å²) in [5.41, 5.74) is 0.313. The number of rotatable bonds is 1. The summed E-state index contributed by atoms with van der Waals surface area (Å²) >= 11 is 1.44. The van der Waals surface area contributed by atoms with Gasteiger partial charge in [-0.15, -0.1) is 0 Å². The highest BCUT2D eigenvalue weighted by atomic mass is 32.2. The fourth-order valence-electron chi connectivity index (χ4n) is 1.13. The van der Waals surface area contributed by atoms with Crippen molar-refractivity contribution in [1.29, 1.82) is 0 Å². The number of hydrogen-bond donors (Lipinski definition) is 0. The van der Waals surface area contributed by atoms with Gasteiger partial charge in [-0.25, -0.2) is 19.7 Å². The summed E-state index contributed by atoms with van der Waals surface area (Å²) < 4.78 is 1.41. The molecule has 2 heterocycles. The van der Waals surface area contributed by atoms with E-state index in [0.717, 1.165) is 5.39 Å². The summed E-state index contributed by atoms with van der Waals surface area (Å²) in [5, 5.41) is 1.42. The molecule has 0 N–H and O–H groups in total. The van der Waals surface area contributed by atoms with Crippen LogP contribution in [0.1, 0.15) is 0 Å². The quantitative estimate of drug-likeness (QED) is 0.503. The van der Waals surface area contributed by atoms with Crippen LogP contribution in [0, 0.1) is 0 Å². The third-order valence-corrected chi connectivity index (χ3v) is 2.44. The smallest absolute Gasteiger partial charge is 0.279 e. The van der Waals surface area contributed by atoms with Crippen LogP contribution in [0.25, 0.3) is 11.0 Å². The molecule has 14 heavy (non-hydrogen) atoms. The topological polar surface area (TPSA) is 60.7 Å². The molecule has 0 saturated heterocycles. The van der Waals surface area contributed by atoms with Crippen LogP contribution in [0.5, 0.6) is 0 Å². The predicted octanol–water partition coefficient (Wildman–Crippen LogP) is 0.445. The van der Waals surface area contributed by atoms with Crippen molar-refractivity contribution in [2.75, 3.05) is 6.26 Å². The highest BCUT2D eigenvalue weighted by Crippen LogP contribution is 2.11. The number of nitrogens with zero attached hydrogens (tertiary/aromatic N) is 4. The normalized spacial score (nSPS) is 10.7. The van der Waals surface area contributed by atoms with E-state index in [1.807, 2.05) is 6.26 Å². The first-order chi connectivity index (χ1) is 6.72. The second kappa shape index (κ2) is 3.38. The van der Waals surface area contributed by atoms with Gasteiger partial charge in [0.25, 0.3) is 0 Å². The molecule has 2 aromatic heterocycles. The van der Waals surface area contributed by atoms with Crippen LogP contribution in [0.4, 0.5) is 0 Å². The monoisotopic (exact) mass is 208 g/mol. The maximum Gasteiger partial charge on any atom is 0.348 e. The Morgan fingerprint density at radius 3 is 2.79 bits per heavy atom. The van der Waals surface area contributed by atoms with Crippen LogP contribution in [0.15, 0.2) is 22.3 Å². The molecular formula is C8H8N4OS. The van der Waals surface area contributed by atoms with E-state index in [1.165, 1.54) is 22.5 Å². The first-order valence-corrected chi connectivity index (χ1v) is 5.17. The fraction of sp³-hybridized carbons (Fsp3) is 0.250. The average Bonchev–Trinajstić information content (AvgIpc) is 2.23. The molecule has 0 radical (unpaired) electrons. The van der Waals surface area contributed by atoms with Gasteiger partial charge in [0.1, 0.15) is 5.65 Å². The van der Waals surface area contributed by atoms with Crippen molar-refractivity contribution in [2.45, 2.75) is 5.16 Å². The highest BCUT2D eigenvalue weighted by molar-refractivity contribution is 7.98. The number of thioether (sulfide) groups is 1. The Morgan fingerprint density at radius 1 is 1.36 bits per heavy atom. The van der Waals surface area contributed by atoms with Crippen molar-refractivity contribution in [3.05, 3.63) is 22.9 Å². The zero-order valence-electron chi connectivity index (χ0n) is 7.76. The van der Waals surface area contributed by atoms with E-state index in [1.54, 1.807) is 13.2 Å². The zero-order chi connectivity index (χ0) is 10.1. The lowest BCUT2D eigenvalue weighted by Gasteiger charge is -2.02. The highest BCUT2D eigenvalue weighted by Gasteiger charge is 2.03. The van der Waals surface area contributed by atoms with Crippen molar-refractivity contribution in [3.8, 4) is 0 Å². The lowest BCUT2D eigenvalue weighted by molar-refractivity contribution is 0.819. The summed E-state index contributed by atoms with van der Waals surface area (Å²) in [7, 11) is 1.65. The van der Waals surface area contributed by atoms with Crippen LogP contribution < -0.4 is 5.69 Å². The molecule has 0 atom stereocenters.